The van der Waals surface area contributed by atoms with Crippen LogP contribution < -0.4 is 5.32 Å². The first-order chi connectivity index (χ1) is 10.0. The number of methoxy groups -OCH3 is 1. The zero-order valence-corrected chi connectivity index (χ0v) is 12.2. The Labute approximate surface area is 123 Å². The first-order valence-electron chi connectivity index (χ1n) is 6.58. The molecule has 0 spiro atoms. The number of ether oxygens (including phenoxy) is 1. The molecule has 0 aliphatic carbocycles. The van der Waals surface area contributed by atoms with E-state index in [2.05, 4.69) is 15.0 Å². The Morgan fingerprint density at radius 1 is 1.33 bits per heavy atom. The van der Waals surface area contributed by atoms with Crippen molar-refractivity contribution < 1.29 is 13.9 Å². The third kappa shape index (κ3) is 3.56. The molecule has 1 N–H and O–H groups in total. The Hall–Kier alpha value is -2.43. The number of aryl methyl sites for hydroxylation is 1. The van der Waals surface area contributed by atoms with Gasteiger partial charge in [0.25, 0.3) is 0 Å². The minimum Gasteiger partial charge on any atom is -0.465 e. The number of carbonyl (C=O) groups is 1. The summed E-state index contributed by atoms with van der Waals surface area (Å²) < 4.78 is 17.6. The molecule has 1 unspecified atom stereocenters. The third-order valence-corrected chi connectivity index (χ3v) is 3.21. The van der Waals surface area contributed by atoms with Crippen molar-refractivity contribution in [1.82, 2.24) is 4.98 Å². The Morgan fingerprint density at radius 3 is 2.67 bits per heavy atom. The van der Waals surface area contributed by atoms with Crippen molar-refractivity contribution in [3.05, 3.63) is 59.2 Å². The number of esters is 1. The van der Waals surface area contributed by atoms with Gasteiger partial charge in [0, 0.05) is 5.69 Å². The number of anilines is 1. The summed E-state index contributed by atoms with van der Waals surface area (Å²) in [6, 6.07) is 8.24. The predicted molar refractivity (Wildman–Crippen MR) is 78.8 cm³/mol. The van der Waals surface area contributed by atoms with Crippen LogP contribution >= 0.6 is 0 Å². The summed E-state index contributed by atoms with van der Waals surface area (Å²) in [4.78, 5) is 15.5. The van der Waals surface area contributed by atoms with Crippen LogP contribution in [-0.2, 0) is 4.74 Å². The van der Waals surface area contributed by atoms with Crippen molar-refractivity contribution in [2.45, 2.75) is 19.9 Å². The molecular weight excluding hydrogens is 271 g/mol. The topological polar surface area (TPSA) is 51.2 Å². The quantitative estimate of drug-likeness (QED) is 0.875. The molecule has 0 amide bonds. The number of carbonyl (C=O) groups excluding carboxylic acids is 1. The number of hydrogen-bond acceptors (Lipinski definition) is 4. The van der Waals surface area contributed by atoms with Crippen LogP contribution in [0, 0.1) is 12.7 Å². The summed E-state index contributed by atoms with van der Waals surface area (Å²) in [5.41, 5.74) is 3.06. The van der Waals surface area contributed by atoms with E-state index in [1.807, 2.05) is 19.9 Å². The lowest BCUT2D eigenvalue weighted by molar-refractivity contribution is 0.0600. The molecule has 2 aromatic rings. The second-order valence-corrected chi connectivity index (χ2v) is 4.79. The van der Waals surface area contributed by atoms with Gasteiger partial charge in [-0.25, -0.2) is 9.18 Å². The molecule has 4 nitrogen and oxygen atoms in total. The standard InChI is InChI=1S/C16H17FN2O2/c1-10-8-12(16(20)21-3)4-6-14(10)19-11(2)15-7-5-13(17)9-18-15/h4-9,11,19H,1-3H3. The maximum atomic E-state index is 12.9. The second-order valence-electron chi connectivity index (χ2n) is 4.79. The molecule has 1 heterocycles. The van der Waals surface area contributed by atoms with E-state index in [-0.39, 0.29) is 17.8 Å². The van der Waals surface area contributed by atoms with Gasteiger partial charge in [0.15, 0.2) is 0 Å². The first-order valence-corrected chi connectivity index (χ1v) is 6.58. The predicted octanol–water partition coefficient (Wildman–Crippen LogP) is 3.49. The van der Waals surface area contributed by atoms with Crippen LogP contribution in [0.25, 0.3) is 0 Å². The summed E-state index contributed by atoms with van der Waals surface area (Å²) in [6.07, 6.45) is 1.20. The third-order valence-electron chi connectivity index (χ3n) is 3.21. The minimum atomic E-state index is -0.363. The first kappa shape index (κ1) is 15.0. The molecule has 21 heavy (non-hydrogen) atoms. The Kier molecular flexibility index (Phi) is 4.52. The van der Waals surface area contributed by atoms with Crippen molar-refractivity contribution in [2.24, 2.45) is 0 Å². The van der Waals surface area contributed by atoms with Gasteiger partial charge in [0.1, 0.15) is 5.82 Å². The summed E-state index contributed by atoms with van der Waals surface area (Å²) in [5, 5.41) is 3.29. The second kappa shape index (κ2) is 6.35. The summed E-state index contributed by atoms with van der Waals surface area (Å²) >= 11 is 0. The van der Waals surface area contributed by atoms with Crippen LogP contribution in [0.5, 0.6) is 0 Å². The number of aromatic nitrogens is 1. The normalized spacial score (nSPS) is 11.8. The van der Waals surface area contributed by atoms with Gasteiger partial charge in [-0.15, -0.1) is 0 Å². The zero-order chi connectivity index (χ0) is 15.4. The molecule has 1 aromatic heterocycles. The molecular formula is C16H17FN2O2. The molecule has 2 rings (SSSR count). The fourth-order valence-electron chi connectivity index (χ4n) is 2.02. The largest absolute Gasteiger partial charge is 0.465 e. The molecule has 5 heteroatoms. The van der Waals surface area contributed by atoms with Gasteiger partial charge < -0.3 is 10.1 Å². The fraction of sp³-hybridized carbons (Fsp3) is 0.250. The maximum Gasteiger partial charge on any atom is 0.337 e. The van der Waals surface area contributed by atoms with E-state index < -0.39 is 0 Å². The fourth-order valence-corrected chi connectivity index (χ4v) is 2.02. The van der Waals surface area contributed by atoms with Crippen molar-refractivity contribution >= 4 is 11.7 Å². The van der Waals surface area contributed by atoms with Crippen LogP contribution in [0.15, 0.2) is 36.5 Å². The van der Waals surface area contributed by atoms with Crippen molar-refractivity contribution in [3.8, 4) is 0 Å². The van der Waals surface area contributed by atoms with Gasteiger partial charge >= 0.3 is 5.97 Å². The van der Waals surface area contributed by atoms with Gasteiger partial charge in [0.2, 0.25) is 0 Å². The summed E-state index contributed by atoms with van der Waals surface area (Å²) in [5.74, 6) is -0.720. The molecule has 0 saturated heterocycles. The zero-order valence-electron chi connectivity index (χ0n) is 12.2. The van der Waals surface area contributed by atoms with E-state index in [4.69, 9.17) is 0 Å². The monoisotopic (exact) mass is 288 g/mol. The lowest BCUT2D eigenvalue weighted by atomic mass is 10.1. The van der Waals surface area contributed by atoms with Gasteiger partial charge in [-0.05, 0) is 49.7 Å². The van der Waals surface area contributed by atoms with E-state index in [9.17, 15) is 9.18 Å². The van der Waals surface area contributed by atoms with Gasteiger partial charge in [-0.3, -0.25) is 4.98 Å². The minimum absolute atomic E-state index is 0.0757. The highest BCUT2D eigenvalue weighted by atomic mass is 19.1. The average Bonchev–Trinajstić information content (AvgIpc) is 2.49. The van der Waals surface area contributed by atoms with Crippen LogP contribution in [0.2, 0.25) is 0 Å². The SMILES string of the molecule is COC(=O)c1ccc(NC(C)c2ccc(F)cn2)c(C)c1. The molecule has 1 atom stereocenters. The highest BCUT2D eigenvalue weighted by Crippen LogP contribution is 2.22. The lowest BCUT2D eigenvalue weighted by Gasteiger charge is -2.17. The summed E-state index contributed by atoms with van der Waals surface area (Å²) in [7, 11) is 1.35. The molecule has 0 aliphatic heterocycles. The molecule has 0 bridgehead atoms. The van der Waals surface area contributed by atoms with Crippen LogP contribution in [0.1, 0.15) is 34.6 Å². The highest BCUT2D eigenvalue weighted by Gasteiger charge is 2.11. The molecule has 0 fully saturated rings. The van der Waals surface area contributed by atoms with E-state index in [1.54, 1.807) is 18.2 Å². The molecule has 110 valence electrons. The number of halogens is 1. The van der Waals surface area contributed by atoms with Crippen molar-refractivity contribution in [2.75, 3.05) is 12.4 Å². The van der Waals surface area contributed by atoms with E-state index in [1.165, 1.54) is 19.4 Å². The number of benzene rings is 1. The number of nitrogens with one attached hydrogen (secondary N) is 1. The van der Waals surface area contributed by atoms with Gasteiger partial charge in [-0.2, -0.15) is 0 Å². The molecule has 0 aliphatic rings. The Balaban J connectivity index is 2.15. The number of pyridine rings is 1. The lowest BCUT2D eigenvalue weighted by Crippen LogP contribution is -2.10. The Morgan fingerprint density at radius 2 is 2.10 bits per heavy atom. The van der Waals surface area contributed by atoms with Crippen LogP contribution in [0.3, 0.4) is 0 Å². The van der Waals surface area contributed by atoms with E-state index in [0.717, 1.165) is 16.9 Å². The number of rotatable bonds is 4. The van der Waals surface area contributed by atoms with Gasteiger partial charge in [-0.1, -0.05) is 0 Å². The average molecular weight is 288 g/mol. The number of hydrogen-bond donors (Lipinski definition) is 1. The van der Waals surface area contributed by atoms with Crippen molar-refractivity contribution in [1.29, 1.82) is 0 Å². The smallest absolute Gasteiger partial charge is 0.337 e. The van der Waals surface area contributed by atoms with E-state index in [0.29, 0.717) is 5.56 Å². The highest BCUT2D eigenvalue weighted by molar-refractivity contribution is 5.90. The molecule has 0 saturated carbocycles. The Bertz CT molecular complexity index is 641. The van der Waals surface area contributed by atoms with Crippen LogP contribution in [-0.4, -0.2) is 18.1 Å². The van der Waals surface area contributed by atoms with Crippen LogP contribution in [0.4, 0.5) is 10.1 Å². The van der Waals surface area contributed by atoms with Crippen molar-refractivity contribution in [3.63, 3.8) is 0 Å². The maximum absolute atomic E-state index is 12.9. The van der Waals surface area contributed by atoms with E-state index >= 15 is 0 Å². The summed E-state index contributed by atoms with van der Waals surface area (Å²) in [6.45, 7) is 3.84. The molecule has 1 aromatic carbocycles. The van der Waals surface area contributed by atoms with Gasteiger partial charge in [0.05, 0.1) is 30.6 Å². The molecule has 0 radical (unpaired) electrons. The number of nitrogens with zero attached hydrogens (tertiary/aromatic N) is 1.